The molecule has 2 heterocycles. The minimum atomic E-state index is 0.749. The molecule has 3 heteroatoms. The number of nitrogens with zero attached hydrogens (tertiary/aromatic N) is 2. The second-order valence-electron chi connectivity index (χ2n) is 6.22. The van der Waals surface area contributed by atoms with E-state index in [0.29, 0.717) is 0 Å². The van der Waals surface area contributed by atoms with Crippen molar-refractivity contribution >= 4 is 5.69 Å². The molecule has 0 radical (unpaired) electrons. The normalized spacial score (nSPS) is 25.1. The number of nitrogens with two attached hydrogens (primary N) is 1. The molecule has 3 nitrogen and oxygen atoms in total. The van der Waals surface area contributed by atoms with E-state index in [-0.39, 0.29) is 0 Å². The third kappa shape index (κ3) is 2.84. The lowest BCUT2D eigenvalue weighted by molar-refractivity contribution is 0.161. The number of rotatable bonds is 2. The summed E-state index contributed by atoms with van der Waals surface area (Å²) in [6.07, 6.45) is 5.16. The van der Waals surface area contributed by atoms with Crippen molar-refractivity contribution in [2.45, 2.75) is 45.2 Å². The number of nitrogen functional groups attached to an aromatic ring is 1. The molecule has 0 bridgehead atoms. The largest absolute Gasteiger partial charge is 0.398 e. The van der Waals surface area contributed by atoms with Gasteiger partial charge in [-0.2, -0.15) is 0 Å². The Bertz CT molecular complexity index is 458. The van der Waals surface area contributed by atoms with Gasteiger partial charge in [0.05, 0.1) is 0 Å². The van der Waals surface area contributed by atoms with E-state index < -0.39 is 0 Å². The van der Waals surface area contributed by atoms with Gasteiger partial charge in [0, 0.05) is 24.8 Å². The van der Waals surface area contributed by atoms with Gasteiger partial charge in [-0.15, -0.1) is 0 Å². The lowest BCUT2D eigenvalue weighted by Gasteiger charge is -2.35. The predicted octanol–water partition coefficient (Wildman–Crippen LogP) is 2.50. The molecule has 0 aromatic heterocycles. The highest BCUT2D eigenvalue weighted by molar-refractivity contribution is 5.51. The molecule has 2 aliphatic rings. The number of fused-ring (bicyclic) bond motifs is 1. The van der Waals surface area contributed by atoms with E-state index in [4.69, 9.17) is 5.73 Å². The van der Waals surface area contributed by atoms with E-state index in [2.05, 4.69) is 28.9 Å². The summed E-state index contributed by atoms with van der Waals surface area (Å²) in [7, 11) is 0. The van der Waals surface area contributed by atoms with Crippen molar-refractivity contribution in [1.82, 2.24) is 9.80 Å². The van der Waals surface area contributed by atoms with Gasteiger partial charge in [0.2, 0.25) is 0 Å². The van der Waals surface area contributed by atoms with E-state index >= 15 is 0 Å². The zero-order chi connectivity index (χ0) is 13.9. The second kappa shape index (κ2) is 6.15. The molecule has 110 valence electrons. The van der Waals surface area contributed by atoms with Crippen molar-refractivity contribution in [3.05, 3.63) is 29.3 Å². The second-order valence-corrected chi connectivity index (χ2v) is 6.22. The monoisotopic (exact) mass is 273 g/mol. The lowest BCUT2D eigenvalue weighted by Crippen LogP contribution is -2.40. The molecule has 0 aliphatic carbocycles. The Labute approximate surface area is 122 Å². The van der Waals surface area contributed by atoms with Gasteiger partial charge in [0.1, 0.15) is 0 Å². The maximum Gasteiger partial charge on any atom is 0.0362 e. The molecule has 1 saturated heterocycles. The van der Waals surface area contributed by atoms with Crippen LogP contribution in [0.2, 0.25) is 0 Å². The average molecular weight is 273 g/mol. The number of hydrogen-bond acceptors (Lipinski definition) is 3. The minimum Gasteiger partial charge on any atom is -0.398 e. The molecule has 1 aromatic rings. The first-order chi connectivity index (χ1) is 9.78. The maximum atomic E-state index is 6.17. The lowest BCUT2D eigenvalue weighted by atomic mass is 9.95. The van der Waals surface area contributed by atoms with Crippen LogP contribution in [0, 0.1) is 0 Å². The molecule has 1 fully saturated rings. The van der Waals surface area contributed by atoms with Gasteiger partial charge in [-0.05, 0) is 62.5 Å². The Morgan fingerprint density at radius 2 is 2.10 bits per heavy atom. The van der Waals surface area contributed by atoms with Crippen LogP contribution < -0.4 is 5.73 Å². The van der Waals surface area contributed by atoms with Crippen molar-refractivity contribution in [1.29, 1.82) is 0 Å². The fourth-order valence-corrected chi connectivity index (χ4v) is 3.76. The highest BCUT2D eigenvalue weighted by atomic mass is 15.2. The Hall–Kier alpha value is -1.06. The van der Waals surface area contributed by atoms with Gasteiger partial charge < -0.3 is 10.6 Å². The van der Waals surface area contributed by atoms with Crippen molar-refractivity contribution in [2.75, 3.05) is 31.9 Å². The Kier molecular flexibility index (Phi) is 4.27. The van der Waals surface area contributed by atoms with Crippen LogP contribution in [0.5, 0.6) is 0 Å². The highest BCUT2D eigenvalue weighted by Gasteiger charge is 2.26. The van der Waals surface area contributed by atoms with E-state index in [0.717, 1.165) is 24.7 Å². The fraction of sp³-hybridized carbons (Fsp3) is 0.647. The van der Waals surface area contributed by atoms with Crippen molar-refractivity contribution in [3.8, 4) is 0 Å². The Balaban J connectivity index is 1.69. The van der Waals surface area contributed by atoms with Crippen LogP contribution in [-0.4, -0.2) is 42.0 Å². The van der Waals surface area contributed by atoms with E-state index in [1.165, 1.54) is 56.6 Å². The van der Waals surface area contributed by atoms with Gasteiger partial charge in [-0.1, -0.05) is 19.1 Å². The van der Waals surface area contributed by atoms with Gasteiger partial charge >= 0.3 is 0 Å². The minimum absolute atomic E-state index is 0.749. The van der Waals surface area contributed by atoms with Gasteiger partial charge in [0.25, 0.3) is 0 Å². The predicted molar refractivity (Wildman–Crippen MR) is 84.7 cm³/mol. The molecule has 0 saturated carbocycles. The van der Waals surface area contributed by atoms with Gasteiger partial charge in [-0.3, -0.25) is 4.90 Å². The summed E-state index contributed by atoms with van der Waals surface area (Å²) in [6, 6.07) is 7.14. The summed E-state index contributed by atoms with van der Waals surface area (Å²) in [5.41, 5.74) is 10.0. The zero-order valence-electron chi connectivity index (χ0n) is 12.6. The van der Waals surface area contributed by atoms with Crippen molar-refractivity contribution < 1.29 is 0 Å². The topological polar surface area (TPSA) is 32.5 Å². The van der Waals surface area contributed by atoms with E-state index in [1.54, 1.807) is 0 Å². The highest BCUT2D eigenvalue weighted by Crippen LogP contribution is 2.28. The average Bonchev–Trinajstić information content (AvgIpc) is 2.73. The molecule has 2 N–H and O–H groups in total. The third-order valence-corrected chi connectivity index (χ3v) is 5.09. The molecule has 3 rings (SSSR count). The Morgan fingerprint density at radius 1 is 1.20 bits per heavy atom. The van der Waals surface area contributed by atoms with Crippen LogP contribution >= 0.6 is 0 Å². The van der Waals surface area contributed by atoms with Crippen LogP contribution in [0.1, 0.15) is 37.3 Å². The first kappa shape index (κ1) is 13.9. The standard InChI is InChI=1S/C17H27N3/c1-2-19-10-4-6-15(9-11-19)20-12-8-14-5-3-7-17(18)16(14)13-20/h3,5,7,15H,2,4,6,8-13,18H2,1H3. The van der Waals surface area contributed by atoms with Crippen LogP contribution in [0.4, 0.5) is 5.69 Å². The molecular weight excluding hydrogens is 246 g/mol. The summed E-state index contributed by atoms with van der Waals surface area (Å²) in [5, 5.41) is 0. The van der Waals surface area contributed by atoms with Crippen LogP contribution in [-0.2, 0) is 13.0 Å². The van der Waals surface area contributed by atoms with Crippen LogP contribution in [0.15, 0.2) is 18.2 Å². The molecule has 1 aromatic carbocycles. The maximum absolute atomic E-state index is 6.17. The quantitative estimate of drug-likeness (QED) is 0.840. The van der Waals surface area contributed by atoms with Gasteiger partial charge in [-0.25, -0.2) is 0 Å². The van der Waals surface area contributed by atoms with Crippen molar-refractivity contribution in [3.63, 3.8) is 0 Å². The molecule has 1 atom stereocenters. The molecule has 1 unspecified atom stereocenters. The summed E-state index contributed by atoms with van der Waals surface area (Å²) < 4.78 is 0. The zero-order valence-corrected chi connectivity index (χ0v) is 12.6. The molecule has 20 heavy (non-hydrogen) atoms. The summed E-state index contributed by atoms with van der Waals surface area (Å²) in [5.74, 6) is 0. The number of hydrogen-bond donors (Lipinski definition) is 1. The number of likely N-dealkylation sites (tertiary alicyclic amines) is 1. The van der Waals surface area contributed by atoms with Gasteiger partial charge in [0.15, 0.2) is 0 Å². The first-order valence-electron chi connectivity index (χ1n) is 8.10. The van der Waals surface area contributed by atoms with Crippen molar-refractivity contribution in [2.24, 2.45) is 0 Å². The SMILES string of the molecule is CCN1CCCC(N2CCc3cccc(N)c3C2)CC1. The molecule has 0 amide bonds. The smallest absolute Gasteiger partial charge is 0.0362 e. The molecular formula is C17H27N3. The van der Waals surface area contributed by atoms with E-state index in [1.807, 2.05) is 6.07 Å². The van der Waals surface area contributed by atoms with Crippen LogP contribution in [0.3, 0.4) is 0 Å². The number of anilines is 1. The summed E-state index contributed by atoms with van der Waals surface area (Å²) >= 11 is 0. The third-order valence-electron chi connectivity index (χ3n) is 5.09. The molecule has 0 spiro atoms. The van der Waals surface area contributed by atoms with Crippen LogP contribution in [0.25, 0.3) is 0 Å². The van der Waals surface area contributed by atoms with E-state index in [9.17, 15) is 0 Å². The fourth-order valence-electron chi connectivity index (χ4n) is 3.76. The Morgan fingerprint density at radius 3 is 2.95 bits per heavy atom. The summed E-state index contributed by atoms with van der Waals surface area (Å²) in [4.78, 5) is 5.27. The summed E-state index contributed by atoms with van der Waals surface area (Å²) in [6.45, 7) is 8.26. The molecule has 2 aliphatic heterocycles. The number of benzene rings is 1. The first-order valence-corrected chi connectivity index (χ1v) is 8.10.